The van der Waals surface area contributed by atoms with Gasteiger partial charge in [-0.3, -0.25) is 4.68 Å². The van der Waals surface area contributed by atoms with Crippen LogP contribution in [0.4, 0.5) is 11.4 Å². The van der Waals surface area contributed by atoms with E-state index < -0.39 is 6.35 Å². The SMILES string of the molecule is CCn1cc(-c2ccnc3[nH]ccc23)c(-c2ccc(NC(O)Nc3ccc(C#N)cc3)cc2)n1. The Labute approximate surface area is 196 Å². The van der Waals surface area contributed by atoms with Gasteiger partial charge in [0.2, 0.25) is 6.35 Å². The molecular formula is C26H23N7O. The van der Waals surface area contributed by atoms with Crippen LogP contribution in [0.3, 0.4) is 0 Å². The van der Waals surface area contributed by atoms with Gasteiger partial charge in [0.25, 0.3) is 0 Å². The maximum atomic E-state index is 10.4. The van der Waals surface area contributed by atoms with E-state index >= 15 is 0 Å². The molecule has 0 fully saturated rings. The van der Waals surface area contributed by atoms with Gasteiger partial charge in [-0.2, -0.15) is 10.4 Å². The molecule has 0 radical (unpaired) electrons. The van der Waals surface area contributed by atoms with E-state index in [4.69, 9.17) is 10.4 Å². The number of aryl methyl sites for hydroxylation is 1. The summed E-state index contributed by atoms with van der Waals surface area (Å²) < 4.78 is 1.93. The van der Waals surface area contributed by atoms with Gasteiger partial charge in [0.05, 0.1) is 11.6 Å². The van der Waals surface area contributed by atoms with Crippen LogP contribution in [-0.2, 0) is 6.54 Å². The van der Waals surface area contributed by atoms with Gasteiger partial charge in [-0.15, -0.1) is 0 Å². The molecule has 1 atom stereocenters. The maximum Gasteiger partial charge on any atom is 0.202 e. The van der Waals surface area contributed by atoms with Crippen LogP contribution in [0.5, 0.6) is 0 Å². The number of rotatable bonds is 7. The van der Waals surface area contributed by atoms with E-state index in [1.165, 1.54) is 0 Å². The van der Waals surface area contributed by atoms with Crippen molar-refractivity contribution in [2.24, 2.45) is 0 Å². The summed E-state index contributed by atoms with van der Waals surface area (Å²) in [6.07, 6.45) is 4.76. The van der Waals surface area contributed by atoms with Gasteiger partial charge < -0.3 is 20.7 Å². The van der Waals surface area contributed by atoms with Crippen LogP contribution in [-0.4, -0.2) is 31.2 Å². The van der Waals surface area contributed by atoms with Crippen LogP contribution in [0.15, 0.2) is 79.3 Å². The Morgan fingerprint density at radius 3 is 2.38 bits per heavy atom. The smallest absolute Gasteiger partial charge is 0.202 e. The molecule has 2 aromatic carbocycles. The summed E-state index contributed by atoms with van der Waals surface area (Å²) in [5.41, 5.74) is 6.85. The minimum Gasteiger partial charge on any atom is -0.357 e. The van der Waals surface area contributed by atoms with Gasteiger partial charge in [0.15, 0.2) is 0 Å². The molecule has 168 valence electrons. The van der Waals surface area contributed by atoms with E-state index in [0.29, 0.717) is 11.3 Å². The van der Waals surface area contributed by atoms with Crippen LogP contribution in [0.25, 0.3) is 33.4 Å². The van der Waals surface area contributed by atoms with E-state index in [1.54, 1.807) is 30.5 Å². The molecular weight excluding hydrogens is 426 g/mol. The molecule has 3 heterocycles. The topological polar surface area (TPSA) is 115 Å². The molecule has 4 N–H and O–H groups in total. The summed E-state index contributed by atoms with van der Waals surface area (Å²) in [7, 11) is 0. The first-order chi connectivity index (χ1) is 16.6. The fourth-order valence-corrected chi connectivity index (χ4v) is 3.91. The number of hydrogen-bond donors (Lipinski definition) is 4. The Balaban J connectivity index is 1.38. The third kappa shape index (κ3) is 4.20. The first kappa shape index (κ1) is 21.2. The van der Waals surface area contributed by atoms with Gasteiger partial charge >= 0.3 is 0 Å². The summed E-state index contributed by atoms with van der Waals surface area (Å²) in [4.78, 5) is 7.57. The van der Waals surface area contributed by atoms with E-state index in [9.17, 15) is 5.11 Å². The van der Waals surface area contributed by atoms with Crippen molar-refractivity contribution in [2.75, 3.05) is 10.6 Å². The molecule has 0 spiro atoms. The summed E-state index contributed by atoms with van der Waals surface area (Å²) >= 11 is 0. The van der Waals surface area contributed by atoms with Gasteiger partial charge in [-0.1, -0.05) is 12.1 Å². The van der Waals surface area contributed by atoms with Crippen molar-refractivity contribution in [3.8, 4) is 28.5 Å². The molecule has 3 aromatic heterocycles. The monoisotopic (exact) mass is 449 g/mol. The van der Waals surface area contributed by atoms with Crippen molar-refractivity contribution in [3.63, 3.8) is 0 Å². The second-order valence-electron chi connectivity index (χ2n) is 7.80. The van der Waals surface area contributed by atoms with Crippen LogP contribution >= 0.6 is 0 Å². The highest BCUT2D eigenvalue weighted by atomic mass is 16.3. The van der Waals surface area contributed by atoms with Gasteiger partial charge in [0, 0.05) is 53.0 Å². The van der Waals surface area contributed by atoms with Crippen molar-refractivity contribution >= 4 is 22.4 Å². The van der Waals surface area contributed by atoms with Gasteiger partial charge in [-0.05, 0) is 61.0 Å². The normalized spacial score (nSPS) is 11.8. The molecule has 0 aliphatic heterocycles. The van der Waals surface area contributed by atoms with Crippen molar-refractivity contribution in [1.82, 2.24) is 19.7 Å². The number of benzene rings is 2. The van der Waals surface area contributed by atoms with Crippen molar-refractivity contribution in [1.29, 1.82) is 5.26 Å². The minimum absolute atomic E-state index is 0.567. The maximum absolute atomic E-state index is 10.4. The number of anilines is 2. The number of nitrogens with zero attached hydrogens (tertiary/aromatic N) is 4. The second kappa shape index (κ2) is 9.10. The third-order valence-electron chi connectivity index (χ3n) is 5.62. The number of nitrogens with one attached hydrogen (secondary N) is 3. The number of aromatic amines is 1. The number of hydrogen-bond acceptors (Lipinski definition) is 6. The molecule has 5 aromatic rings. The fraction of sp³-hybridized carbons (Fsp3) is 0.115. The molecule has 8 heteroatoms. The number of pyridine rings is 1. The number of H-pyrrole nitrogens is 1. The molecule has 34 heavy (non-hydrogen) atoms. The highest BCUT2D eigenvalue weighted by molar-refractivity contribution is 5.96. The third-order valence-corrected chi connectivity index (χ3v) is 5.62. The lowest BCUT2D eigenvalue weighted by Crippen LogP contribution is -2.27. The Hall–Kier alpha value is -4.61. The molecule has 1 unspecified atom stereocenters. The Morgan fingerprint density at radius 2 is 1.71 bits per heavy atom. The number of aromatic nitrogens is 4. The average molecular weight is 450 g/mol. The second-order valence-corrected chi connectivity index (χ2v) is 7.80. The summed E-state index contributed by atoms with van der Waals surface area (Å²) in [5, 5.41) is 31.1. The number of fused-ring (bicyclic) bond motifs is 1. The largest absolute Gasteiger partial charge is 0.357 e. The molecule has 0 saturated carbocycles. The molecule has 0 saturated heterocycles. The predicted octanol–water partition coefficient (Wildman–Crippen LogP) is 4.78. The van der Waals surface area contributed by atoms with E-state index in [2.05, 4.69) is 39.8 Å². The quantitative estimate of drug-likeness (QED) is 0.266. The molecule has 0 aliphatic carbocycles. The summed E-state index contributed by atoms with van der Waals surface area (Å²) in [6.45, 7) is 2.83. The number of aliphatic hydroxyl groups excluding tert-OH is 1. The van der Waals surface area contributed by atoms with E-state index in [1.807, 2.05) is 47.3 Å². The molecule has 0 amide bonds. The zero-order valence-corrected chi connectivity index (χ0v) is 18.5. The van der Waals surface area contributed by atoms with Crippen LogP contribution in [0, 0.1) is 11.3 Å². The van der Waals surface area contributed by atoms with Gasteiger partial charge in [-0.25, -0.2) is 4.98 Å². The average Bonchev–Trinajstić information content (AvgIpc) is 3.52. The van der Waals surface area contributed by atoms with Crippen LogP contribution in [0.1, 0.15) is 12.5 Å². The zero-order chi connectivity index (χ0) is 23.5. The molecule has 5 rings (SSSR count). The highest BCUT2D eigenvalue weighted by Gasteiger charge is 2.16. The number of aliphatic hydroxyl groups is 1. The minimum atomic E-state index is -0.993. The first-order valence-corrected chi connectivity index (χ1v) is 11.0. The molecule has 0 bridgehead atoms. The van der Waals surface area contributed by atoms with Crippen molar-refractivity contribution in [3.05, 3.63) is 84.8 Å². The summed E-state index contributed by atoms with van der Waals surface area (Å²) in [6, 6.07) is 20.8. The van der Waals surface area contributed by atoms with E-state index in [-0.39, 0.29) is 0 Å². The molecule has 0 aliphatic rings. The first-order valence-electron chi connectivity index (χ1n) is 11.0. The standard InChI is InChI=1S/C26H23N7O/c1-2-33-16-23(21-11-13-28-25-22(21)12-14-29-25)24(32-33)18-5-9-20(10-6-18)31-26(34)30-19-7-3-17(15-27)4-8-19/h3-14,16,26,30-31,34H,2H2,1H3,(H,28,29). The number of nitriles is 1. The van der Waals surface area contributed by atoms with Crippen molar-refractivity contribution < 1.29 is 5.11 Å². The lowest BCUT2D eigenvalue weighted by Gasteiger charge is -2.17. The van der Waals surface area contributed by atoms with Crippen molar-refractivity contribution in [2.45, 2.75) is 19.8 Å². The highest BCUT2D eigenvalue weighted by Crippen LogP contribution is 2.35. The van der Waals surface area contributed by atoms with Crippen LogP contribution in [0.2, 0.25) is 0 Å². The van der Waals surface area contributed by atoms with E-state index in [0.717, 1.165) is 45.6 Å². The fourth-order valence-electron chi connectivity index (χ4n) is 3.91. The summed E-state index contributed by atoms with van der Waals surface area (Å²) in [5.74, 6) is 0. The van der Waals surface area contributed by atoms with Crippen LogP contribution < -0.4 is 10.6 Å². The zero-order valence-electron chi connectivity index (χ0n) is 18.5. The lowest BCUT2D eigenvalue weighted by molar-refractivity contribution is 0.233. The predicted molar refractivity (Wildman–Crippen MR) is 133 cm³/mol. The van der Waals surface area contributed by atoms with Gasteiger partial charge in [0.1, 0.15) is 11.3 Å². The Kier molecular flexibility index (Phi) is 5.68. The Morgan fingerprint density at radius 1 is 1.00 bits per heavy atom. The Bertz CT molecular complexity index is 1460. The molecule has 8 nitrogen and oxygen atoms in total. The lowest BCUT2D eigenvalue weighted by atomic mass is 10.0.